The van der Waals surface area contributed by atoms with Crippen LogP contribution in [-0.2, 0) is 0 Å². The van der Waals surface area contributed by atoms with Gasteiger partial charge in [-0.2, -0.15) is 0 Å². The number of hydrogen-bond acceptors (Lipinski definition) is 2. The molecule has 0 saturated heterocycles. The third-order valence-corrected chi connectivity index (χ3v) is 3.53. The van der Waals surface area contributed by atoms with Crippen LogP contribution in [0.1, 0.15) is 42.6 Å². The fourth-order valence-corrected chi connectivity index (χ4v) is 2.27. The van der Waals surface area contributed by atoms with Gasteiger partial charge in [0.05, 0.1) is 6.10 Å². The predicted molar refractivity (Wildman–Crippen MR) is 85.1 cm³/mol. The molecule has 2 N–H and O–H groups in total. The lowest BCUT2D eigenvalue weighted by atomic mass is 10.00. The Hall–Kier alpha value is -1.87. The zero-order chi connectivity index (χ0) is 15.4. The maximum Gasteiger partial charge on any atom is 0.125 e. The third kappa shape index (κ3) is 4.30. The molecule has 2 rings (SSSR count). The van der Waals surface area contributed by atoms with Gasteiger partial charge in [-0.3, -0.25) is 0 Å². The van der Waals surface area contributed by atoms with E-state index in [4.69, 9.17) is 0 Å². The van der Waals surface area contributed by atoms with E-state index in [2.05, 4.69) is 19.2 Å². The van der Waals surface area contributed by atoms with E-state index in [9.17, 15) is 9.50 Å². The highest BCUT2D eigenvalue weighted by atomic mass is 19.1. The lowest BCUT2D eigenvalue weighted by Crippen LogP contribution is -2.12. The van der Waals surface area contributed by atoms with Crippen LogP contribution in [-0.4, -0.2) is 11.7 Å². The molecule has 0 aliphatic carbocycles. The average Bonchev–Trinajstić information content (AvgIpc) is 2.44. The first kappa shape index (κ1) is 15.5. The summed E-state index contributed by atoms with van der Waals surface area (Å²) in [5.41, 5.74) is 3.65. The van der Waals surface area contributed by atoms with Gasteiger partial charge in [-0.25, -0.2) is 4.39 Å². The maximum absolute atomic E-state index is 13.3. The van der Waals surface area contributed by atoms with E-state index in [1.54, 1.807) is 0 Å². The van der Waals surface area contributed by atoms with E-state index >= 15 is 0 Å². The van der Waals surface area contributed by atoms with Crippen LogP contribution >= 0.6 is 0 Å². The van der Waals surface area contributed by atoms with E-state index in [-0.39, 0.29) is 5.82 Å². The van der Waals surface area contributed by atoms with Crippen molar-refractivity contribution in [2.45, 2.75) is 32.8 Å². The minimum absolute atomic E-state index is 0.270. The second-order valence-corrected chi connectivity index (χ2v) is 5.74. The smallest absolute Gasteiger partial charge is 0.125 e. The highest BCUT2D eigenvalue weighted by Gasteiger charge is 2.08. The molecule has 0 saturated carbocycles. The van der Waals surface area contributed by atoms with Crippen molar-refractivity contribution in [3.8, 4) is 0 Å². The minimum atomic E-state index is -0.616. The van der Waals surface area contributed by atoms with E-state index in [1.807, 2.05) is 37.3 Å². The van der Waals surface area contributed by atoms with Crippen LogP contribution in [0.3, 0.4) is 0 Å². The van der Waals surface area contributed by atoms with Gasteiger partial charge in [0.15, 0.2) is 0 Å². The average molecular weight is 287 g/mol. The van der Waals surface area contributed by atoms with Crippen molar-refractivity contribution in [1.29, 1.82) is 0 Å². The summed E-state index contributed by atoms with van der Waals surface area (Å²) in [7, 11) is 0. The van der Waals surface area contributed by atoms with E-state index < -0.39 is 6.10 Å². The molecule has 2 aromatic rings. The highest BCUT2D eigenvalue weighted by molar-refractivity contribution is 5.46. The zero-order valence-electron chi connectivity index (χ0n) is 12.7. The van der Waals surface area contributed by atoms with Gasteiger partial charge in [0.2, 0.25) is 0 Å². The molecule has 0 aliphatic heterocycles. The first-order valence-corrected chi connectivity index (χ1v) is 7.24. The van der Waals surface area contributed by atoms with Crippen molar-refractivity contribution in [3.05, 3.63) is 65.0 Å². The molecule has 0 radical (unpaired) electrons. The zero-order valence-corrected chi connectivity index (χ0v) is 12.7. The van der Waals surface area contributed by atoms with Crippen LogP contribution in [0.5, 0.6) is 0 Å². The summed E-state index contributed by atoms with van der Waals surface area (Å²) in [4.78, 5) is 0. The normalized spacial score (nSPS) is 12.5. The van der Waals surface area contributed by atoms with Crippen molar-refractivity contribution in [2.24, 2.45) is 0 Å². The second kappa shape index (κ2) is 6.72. The van der Waals surface area contributed by atoms with Crippen molar-refractivity contribution in [2.75, 3.05) is 11.9 Å². The molecule has 0 amide bonds. The quantitative estimate of drug-likeness (QED) is 0.854. The molecule has 1 atom stereocenters. The van der Waals surface area contributed by atoms with Crippen molar-refractivity contribution < 1.29 is 9.50 Å². The Morgan fingerprint density at radius 3 is 2.24 bits per heavy atom. The molecule has 112 valence electrons. The summed E-state index contributed by atoms with van der Waals surface area (Å²) >= 11 is 0. The Kier molecular flexibility index (Phi) is 4.97. The number of aliphatic hydroxyl groups excluding tert-OH is 1. The standard InChI is InChI=1S/C18H22FNO/c1-12(2)14-4-6-15(7-5-14)18(21)11-20-17-9-13(3)8-16(19)10-17/h4-10,12,18,20-21H,11H2,1-3H3. The fourth-order valence-electron chi connectivity index (χ4n) is 2.27. The highest BCUT2D eigenvalue weighted by Crippen LogP contribution is 2.20. The van der Waals surface area contributed by atoms with Crippen LogP contribution in [0.25, 0.3) is 0 Å². The Morgan fingerprint density at radius 1 is 1.05 bits per heavy atom. The maximum atomic E-state index is 13.3. The van der Waals surface area contributed by atoms with Crippen molar-refractivity contribution in [1.82, 2.24) is 0 Å². The number of anilines is 1. The Labute approximate surface area is 125 Å². The molecule has 0 heterocycles. The van der Waals surface area contributed by atoms with Gasteiger partial charge in [-0.1, -0.05) is 38.1 Å². The lowest BCUT2D eigenvalue weighted by Gasteiger charge is -2.15. The molecule has 3 heteroatoms. The molecule has 0 spiro atoms. The number of benzene rings is 2. The first-order chi connectivity index (χ1) is 9.95. The van der Waals surface area contributed by atoms with Crippen LogP contribution < -0.4 is 5.32 Å². The molecule has 0 aliphatic rings. The van der Waals surface area contributed by atoms with Gasteiger partial charge < -0.3 is 10.4 Å². The topological polar surface area (TPSA) is 32.3 Å². The predicted octanol–water partition coefficient (Wildman–Crippen LogP) is 4.40. The Morgan fingerprint density at radius 2 is 1.67 bits per heavy atom. The molecular weight excluding hydrogens is 265 g/mol. The molecule has 1 unspecified atom stereocenters. The van der Waals surface area contributed by atoms with Crippen molar-refractivity contribution >= 4 is 5.69 Å². The number of halogens is 1. The van der Waals surface area contributed by atoms with Gasteiger partial charge in [0, 0.05) is 12.2 Å². The van der Waals surface area contributed by atoms with Gasteiger partial charge in [-0.15, -0.1) is 0 Å². The van der Waals surface area contributed by atoms with Gasteiger partial charge in [0.25, 0.3) is 0 Å². The second-order valence-electron chi connectivity index (χ2n) is 5.74. The number of hydrogen-bond donors (Lipinski definition) is 2. The molecule has 2 aromatic carbocycles. The number of rotatable bonds is 5. The molecule has 0 fully saturated rings. The monoisotopic (exact) mass is 287 g/mol. The molecule has 0 aromatic heterocycles. The van der Waals surface area contributed by atoms with Crippen LogP contribution in [0.2, 0.25) is 0 Å². The fraction of sp³-hybridized carbons (Fsp3) is 0.333. The Bertz CT molecular complexity index is 572. The largest absolute Gasteiger partial charge is 0.387 e. The third-order valence-electron chi connectivity index (χ3n) is 3.53. The van der Waals surface area contributed by atoms with Gasteiger partial charge in [-0.05, 0) is 47.7 Å². The van der Waals surface area contributed by atoms with Gasteiger partial charge in [0.1, 0.15) is 5.82 Å². The molecule has 21 heavy (non-hydrogen) atoms. The van der Waals surface area contributed by atoms with Crippen LogP contribution in [0, 0.1) is 12.7 Å². The first-order valence-electron chi connectivity index (χ1n) is 7.24. The van der Waals surface area contributed by atoms with Crippen molar-refractivity contribution in [3.63, 3.8) is 0 Å². The van der Waals surface area contributed by atoms with E-state index in [0.29, 0.717) is 18.2 Å². The lowest BCUT2D eigenvalue weighted by molar-refractivity contribution is 0.191. The molecule has 0 bridgehead atoms. The number of aryl methyl sites for hydroxylation is 1. The SMILES string of the molecule is Cc1cc(F)cc(NCC(O)c2ccc(C(C)C)cc2)c1. The Balaban J connectivity index is 1.99. The van der Waals surface area contributed by atoms with Gasteiger partial charge >= 0.3 is 0 Å². The summed E-state index contributed by atoms with van der Waals surface area (Å²) in [6, 6.07) is 12.7. The van der Waals surface area contributed by atoms with E-state index in [1.165, 1.54) is 17.7 Å². The minimum Gasteiger partial charge on any atom is -0.387 e. The summed E-state index contributed by atoms with van der Waals surface area (Å²) in [5, 5.41) is 13.3. The van der Waals surface area contributed by atoms with E-state index in [0.717, 1.165) is 11.1 Å². The number of nitrogens with one attached hydrogen (secondary N) is 1. The summed E-state index contributed by atoms with van der Waals surface area (Å²) in [5.74, 6) is 0.206. The summed E-state index contributed by atoms with van der Waals surface area (Å²) in [6.45, 7) is 6.47. The summed E-state index contributed by atoms with van der Waals surface area (Å²) < 4.78 is 13.3. The summed E-state index contributed by atoms with van der Waals surface area (Å²) in [6.07, 6.45) is -0.616. The molecule has 2 nitrogen and oxygen atoms in total. The number of aliphatic hydroxyl groups is 1. The van der Waals surface area contributed by atoms with Crippen LogP contribution in [0.15, 0.2) is 42.5 Å². The molecular formula is C18H22FNO. The van der Waals surface area contributed by atoms with Crippen LogP contribution in [0.4, 0.5) is 10.1 Å².